The molecule has 0 radical (unpaired) electrons. The summed E-state index contributed by atoms with van der Waals surface area (Å²) in [5, 5.41) is 14.4. The van der Waals surface area contributed by atoms with Gasteiger partial charge in [-0.2, -0.15) is 5.26 Å². The van der Waals surface area contributed by atoms with Gasteiger partial charge in [-0.1, -0.05) is 12.1 Å². The van der Waals surface area contributed by atoms with Gasteiger partial charge in [0.15, 0.2) is 0 Å². The fraction of sp³-hybridized carbons (Fsp3) is 0.409. The zero-order valence-electron chi connectivity index (χ0n) is 16.1. The summed E-state index contributed by atoms with van der Waals surface area (Å²) >= 11 is 3.35. The van der Waals surface area contributed by atoms with Crippen molar-refractivity contribution in [1.82, 2.24) is 9.88 Å². The molecule has 1 amide bonds. The van der Waals surface area contributed by atoms with Crippen LogP contribution in [0, 0.1) is 11.3 Å². The minimum atomic E-state index is -0.0219. The third kappa shape index (κ3) is 3.68. The van der Waals surface area contributed by atoms with E-state index in [1.165, 1.54) is 14.6 Å². The van der Waals surface area contributed by atoms with Gasteiger partial charge < -0.3 is 5.32 Å². The number of aromatic nitrogens is 1. The molecule has 3 heterocycles. The number of likely N-dealkylation sites (tertiary alicyclic amines) is 1. The second-order valence-corrected chi connectivity index (χ2v) is 9.98. The van der Waals surface area contributed by atoms with Crippen LogP contribution in [0.1, 0.15) is 46.2 Å². The average molecular weight is 423 g/mol. The number of carbonyl (C=O) groups is 1. The molecule has 1 N–H and O–H groups in total. The molecular weight excluding hydrogens is 400 g/mol. The highest BCUT2D eigenvalue weighted by Crippen LogP contribution is 2.38. The van der Waals surface area contributed by atoms with E-state index in [1.54, 1.807) is 22.7 Å². The molecule has 29 heavy (non-hydrogen) atoms. The molecule has 1 aromatic carbocycles. The lowest BCUT2D eigenvalue weighted by Gasteiger charge is -2.31. The summed E-state index contributed by atoms with van der Waals surface area (Å²) in [5.41, 5.74) is 2.90. The Morgan fingerprint density at radius 3 is 3.03 bits per heavy atom. The van der Waals surface area contributed by atoms with Gasteiger partial charge in [0, 0.05) is 17.3 Å². The van der Waals surface area contributed by atoms with E-state index in [2.05, 4.69) is 34.5 Å². The Morgan fingerprint density at radius 2 is 2.17 bits per heavy atom. The predicted molar refractivity (Wildman–Crippen MR) is 118 cm³/mol. The van der Waals surface area contributed by atoms with Gasteiger partial charge in [-0.15, -0.1) is 22.7 Å². The van der Waals surface area contributed by atoms with Crippen molar-refractivity contribution in [1.29, 1.82) is 5.26 Å². The Labute approximate surface area is 178 Å². The van der Waals surface area contributed by atoms with Crippen molar-refractivity contribution in [3.63, 3.8) is 0 Å². The summed E-state index contributed by atoms with van der Waals surface area (Å²) in [7, 11) is 0. The third-order valence-corrected chi connectivity index (χ3v) is 8.22. The van der Waals surface area contributed by atoms with Crippen LogP contribution in [0.25, 0.3) is 10.2 Å². The van der Waals surface area contributed by atoms with E-state index in [9.17, 15) is 10.1 Å². The average Bonchev–Trinajstić information content (AvgIpc) is 3.42. The highest BCUT2D eigenvalue weighted by Gasteiger charge is 2.27. The van der Waals surface area contributed by atoms with Crippen molar-refractivity contribution in [2.45, 2.75) is 38.0 Å². The first kappa shape index (κ1) is 18.7. The first-order valence-electron chi connectivity index (χ1n) is 10.1. The zero-order chi connectivity index (χ0) is 19.8. The quantitative estimate of drug-likeness (QED) is 0.670. The van der Waals surface area contributed by atoms with E-state index in [1.807, 2.05) is 6.07 Å². The number of thiazole rings is 1. The first-order chi connectivity index (χ1) is 14.2. The molecule has 2 aromatic heterocycles. The van der Waals surface area contributed by atoms with Crippen molar-refractivity contribution in [3.8, 4) is 6.07 Å². The van der Waals surface area contributed by atoms with Gasteiger partial charge in [-0.3, -0.25) is 9.69 Å². The smallest absolute Gasteiger partial charge is 0.239 e. The number of nitriles is 1. The van der Waals surface area contributed by atoms with Gasteiger partial charge in [0.1, 0.15) is 11.1 Å². The van der Waals surface area contributed by atoms with Gasteiger partial charge in [0.25, 0.3) is 0 Å². The standard InChI is InChI=1S/C22H22N4OS2/c23-11-16-15-6-3-9-18(15)28-22(16)25-20(27)13-26-10-4-5-14(12-26)21-24-17-7-1-2-8-19(17)29-21/h1-2,7-8,14H,3-6,9-10,12-13H2,(H,25,27)/t14-/m1/s1. The molecule has 5 rings (SSSR count). The van der Waals surface area contributed by atoms with Crippen LogP contribution in [0.2, 0.25) is 0 Å². The fourth-order valence-corrected chi connectivity index (χ4v) is 6.79. The molecule has 7 heteroatoms. The van der Waals surface area contributed by atoms with Crippen molar-refractivity contribution in [2.24, 2.45) is 0 Å². The van der Waals surface area contributed by atoms with Gasteiger partial charge in [-0.05, 0) is 56.3 Å². The summed E-state index contributed by atoms with van der Waals surface area (Å²) in [6, 6.07) is 10.6. The van der Waals surface area contributed by atoms with E-state index in [4.69, 9.17) is 4.98 Å². The molecule has 0 spiro atoms. The number of hydrogen-bond acceptors (Lipinski definition) is 6. The van der Waals surface area contributed by atoms with Gasteiger partial charge in [0.05, 0.1) is 27.3 Å². The fourth-order valence-electron chi connectivity index (χ4n) is 4.45. The van der Waals surface area contributed by atoms with Crippen LogP contribution in [0.4, 0.5) is 5.00 Å². The topological polar surface area (TPSA) is 69.0 Å². The molecule has 0 bridgehead atoms. The molecule has 1 fully saturated rings. The molecule has 148 valence electrons. The predicted octanol–water partition coefficient (Wildman–Crippen LogP) is 4.54. The van der Waals surface area contributed by atoms with Crippen molar-refractivity contribution in [2.75, 3.05) is 25.0 Å². The molecule has 0 unspecified atom stereocenters. The van der Waals surface area contributed by atoms with Crippen LogP contribution in [0.15, 0.2) is 24.3 Å². The van der Waals surface area contributed by atoms with Crippen LogP contribution >= 0.6 is 22.7 Å². The summed E-state index contributed by atoms with van der Waals surface area (Å²) in [5.74, 6) is 0.362. The van der Waals surface area contributed by atoms with Crippen LogP contribution < -0.4 is 5.32 Å². The zero-order valence-corrected chi connectivity index (χ0v) is 17.7. The number of amides is 1. The van der Waals surface area contributed by atoms with Crippen molar-refractivity contribution >= 4 is 43.8 Å². The Bertz CT molecular complexity index is 1080. The summed E-state index contributed by atoms with van der Waals surface area (Å²) in [6.45, 7) is 2.16. The van der Waals surface area contributed by atoms with Crippen molar-refractivity contribution in [3.05, 3.63) is 45.3 Å². The van der Waals surface area contributed by atoms with Gasteiger partial charge in [-0.25, -0.2) is 4.98 Å². The number of carbonyl (C=O) groups excluding carboxylic acids is 1. The number of anilines is 1. The lowest BCUT2D eigenvalue weighted by atomic mass is 9.99. The van der Waals surface area contributed by atoms with E-state index >= 15 is 0 Å². The normalized spacial score (nSPS) is 19.2. The number of nitrogens with one attached hydrogen (secondary N) is 1. The molecule has 1 saturated heterocycles. The second-order valence-electron chi connectivity index (χ2n) is 7.82. The minimum Gasteiger partial charge on any atom is -0.315 e. The number of para-hydroxylation sites is 1. The number of thiophene rings is 1. The number of aryl methyl sites for hydroxylation is 1. The van der Waals surface area contributed by atoms with Crippen LogP contribution in [-0.4, -0.2) is 35.4 Å². The van der Waals surface area contributed by atoms with Gasteiger partial charge in [0.2, 0.25) is 5.91 Å². The maximum Gasteiger partial charge on any atom is 0.239 e. The highest BCUT2D eigenvalue weighted by molar-refractivity contribution is 7.18. The maximum absolute atomic E-state index is 12.7. The van der Waals surface area contributed by atoms with E-state index < -0.39 is 0 Å². The molecule has 0 saturated carbocycles. The molecular formula is C22H22N4OS2. The Balaban J connectivity index is 1.25. The lowest BCUT2D eigenvalue weighted by molar-refractivity contribution is -0.117. The maximum atomic E-state index is 12.7. The Hall–Kier alpha value is -2.27. The molecule has 1 atom stereocenters. The lowest BCUT2D eigenvalue weighted by Crippen LogP contribution is -2.39. The number of fused-ring (bicyclic) bond motifs is 2. The van der Waals surface area contributed by atoms with E-state index in [0.29, 0.717) is 18.0 Å². The number of rotatable bonds is 4. The minimum absolute atomic E-state index is 0.0219. The largest absolute Gasteiger partial charge is 0.315 e. The molecule has 5 nitrogen and oxygen atoms in total. The number of benzene rings is 1. The summed E-state index contributed by atoms with van der Waals surface area (Å²) in [4.78, 5) is 21.0. The monoisotopic (exact) mass is 422 g/mol. The highest BCUT2D eigenvalue weighted by atomic mass is 32.1. The van der Waals surface area contributed by atoms with Crippen LogP contribution in [0.5, 0.6) is 0 Å². The second kappa shape index (κ2) is 7.86. The number of nitrogens with zero attached hydrogens (tertiary/aromatic N) is 3. The van der Waals surface area contributed by atoms with Gasteiger partial charge >= 0.3 is 0 Å². The van der Waals surface area contributed by atoms with Crippen LogP contribution in [-0.2, 0) is 17.6 Å². The Kier molecular flexibility index (Phi) is 5.08. The first-order valence-corrected chi connectivity index (χ1v) is 11.8. The number of hydrogen-bond donors (Lipinski definition) is 1. The molecule has 1 aliphatic carbocycles. The molecule has 2 aliphatic rings. The van der Waals surface area contributed by atoms with E-state index in [-0.39, 0.29) is 5.91 Å². The van der Waals surface area contributed by atoms with Crippen LogP contribution in [0.3, 0.4) is 0 Å². The molecule has 3 aromatic rings. The number of piperidine rings is 1. The summed E-state index contributed by atoms with van der Waals surface area (Å²) in [6.07, 6.45) is 5.30. The van der Waals surface area contributed by atoms with E-state index in [0.717, 1.165) is 61.3 Å². The summed E-state index contributed by atoms with van der Waals surface area (Å²) < 4.78 is 1.23. The SMILES string of the molecule is N#Cc1c(NC(=O)CN2CCC[C@@H](c3nc4ccccc4s3)C2)sc2c1CCC2. The third-order valence-electron chi connectivity index (χ3n) is 5.82. The molecule has 1 aliphatic heterocycles. The van der Waals surface area contributed by atoms with Crippen molar-refractivity contribution < 1.29 is 4.79 Å². The Morgan fingerprint density at radius 1 is 1.28 bits per heavy atom.